The van der Waals surface area contributed by atoms with E-state index in [1.165, 1.54) is 0 Å². The highest BCUT2D eigenvalue weighted by atomic mass is 16.5. The lowest BCUT2D eigenvalue weighted by Crippen LogP contribution is -2.33. The summed E-state index contributed by atoms with van der Waals surface area (Å²) in [5.74, 6) is -0.481. The van der Waals surface area contributed by atoms with Crippen molar-refractivity contribution in [3.8, 4) is 0 Å². The number of nitrogens with two attached hydrogens (primary N) is 1. The summed E-state index contributed by atoms with van der Waals surface area (Å²) in [5, 5.41) is 8.56. The molecular weight excluding hydrogens is 214 g/mol. The summed E-state index contributed by atoms with van der Waals surface area (Å²) >= 11 is 0. The first-order chi connectivity index (χ1) is 7.72. The van der Waals surface area contributed by atoms with Crippen LogP contribution >= 0.6 is 0 Å². The Labute approximate surface area is 95.7 Å². The van der Waals surface area contributed by atoms with Gasteiger partial charge in [-0.2, -0.15) is 0 Å². The highest BCUT2D eigenvalue weighted by Gasteiger charge is 2.13. The van der Waals surface area contributed by atoms with Crippen molar-refractivity contribution in [3.05, 3.63) is 0 Å². The Morgan fingerprint density at radius 2 is 2.06 bits per heavy atom. The molecule has 0 saturated heterocycles. The van der Waals surface area contributed by atoms with Gasteiger partial charge in [-0.15, -0.1) is 0 Å². The second-order valence-corrected chi connectivity index (χ2v) is 3.24. The maximum Gasteiger partial charge on any atom is 0.322 e. The third-order valence-corrected chi connectivity index (χ3v) is 1.85. The smallest absolute Gasteiger partial charge is 0.322 e. The number of methoxy groups -OCH3 is 1. The summed E-state index contributed by atoms with van der Waals surface area (Å²) in [5.41, 5.74) is 5.43. The Bertz CT molecular complexity index is 177. The molecule has 0 aromatic carbocycles. The largest absolute Gasteiger partial charge is 0.464 e. The zero-order chi connectivity index (χ0) is 12.2. The molecule has 0 spiro atoms. The topological polar surface area (TPSA) is 91.0 Å². The molecule has 6 heteroatoms. The van der Waals surface area contributed by atoms with Gasteiger partial charge in [0.2, 0.25) is 0 Å². The molecule has 0 bridgehead atoms. The number of rotatable bonds is 10. The van der Waals surface area contributed by atoms with E-state index in [9.17, 15) is 4.79 Å². The van der Waals surface area contributed by atoms with Gasteiger partial charge in [0, 0.05) is 26.7 Å². The predicted molar refractivity (Wildman–Crippen MR) is 57.9 cm³/mol. The van der Waals surface area contributed by atoms with Gasteiger partial charge in [0.1, 0.15) is 6.04 Å². The van der Waals surface area contributed by atoms with Gasteiger partial charge in [0.25, 0.3) is 0 Å². The van der Waals surface area contributed by atoms with Crippen LogP contribution < -0.4 is 5.73 Å². The molecule has 0 aromatic heterocycles. The van der Waals surface area contributed by atoms with Crippen LogP contribution in [0.1, 0.15) is 12.8 Å². The molecule has 0 aliphatic rings. The Morgan fingerprint density at radius 1 is 1.31 bits per heavy atom. The van der Waals surface area contributed by atoms with E-state index in [1.54, 1.807) is 7.11 Å². The summed E-state index contributed by atoms with van der Waals surface area (Å²) in [6, 6.07) is -0.737. The summed E-state index contributed by atoms with van der Waals surface area (Å²) < 4.78 is 14.8. The Hall–Kier alpha value is -0.690. The number of hydrogen-bond donors (Lipinski definition) is 2. The number of aliphatic hydroxyl groups is 1. The van der Waals surface area contributed by atoms with E-state index in [0.29, 0.717) is 26.2 Å². The minimum atomic E-state index is -0.737. The molecule has 96 valence electrons. The average molecular weight is 235 g/mol. The fourth-order valence-corrected chi connectivity index (χ4v) is 0.942. The lowest BCUT2D eigenvalue weighted by atomic mass is 10.2. The molecular formula is C10H21NO5. The van der Waals surface area contributed by atoms with E-state index in [1.807, 2.05) is 0 Å². The van der Waals surface area contributed by atoms with Crippen molar-refractivity contribution in [2.45, 2.75) is 18.9 Å². The van der Waals surface area contributed by atoms with E-state index in [2.05, 4.69) is 0 Å². The van der Waals surface area contributed by atoms with Crippen molar-refractivity contribution in [1.29, 1.82) is 0 Å². The molecule has 0 saturated carbocycles. The highest BCUT2D eigenvalue weighted by molar-refractivity contribution is 5.75. The van der Waals surface area contributed by atoms with Crippen LogP contribution in [-0.2, 0) is 19.0 Å². The first kappa shape index (κ1) is 15.3. The van der Waals surface area contributed by atoms with Gasteiger partial charge in [0.15, 0.2) is 0 Å². The molecule has 16 heavy (non-hydrogen) atoms. The third-order valence-electron chi connectivity index (χ3n) is 1.85. The summed E-state index contributed by atoms with van der Waals surface area (Å²) in [6.07, 6.45) is 0.852. The van der Waals surface area contributed by atoms with Crippen LogP contribution in [0.3, 0.4) is 0 Å². The highest BCUT2D eigenvalue weighted by Crippen LogP contribution is 1.93. The van der Waals surface area contributed by atoms with E-state index in [0.717, 1.165) is 0 Å². The van der Waals surface area contributed by atoms with Crippen LogP contribution in [0.4, 0.5) is 0 Å². The van der Waals surface area contributed by atoms with Gasteiger partial charge < -0.3 is 25.1 Å². The van der Waals surface area contributed by atoms with Crippen molar-refractivity contribution >= 4 is 5.97 Å². The number of carbonyl (C=O) groups excluding carboxylic acids is 1. The number of aliphatic hydroxyl groups excluding tert-OH is 1. The first-order valence-electron chi connectivity index (χ1n) is 5.32. The van der Waals surface area contributed by atoms with E-state index < -0.39 is 12.0 Å². The van der Waals surface area contributed by atoms with Gasteiger partial charge >= 0.3 is 5.97 Å². The second-order valence-electron chi connectivity index (χ2n) is 3.24. The van der Waals surface area contributed by atoms with Crippen molar-refractivity contribution in [2.24, 2.45) is 5.73 Å². The van der Waals surface area contributed by atoms with E-state index in [4.69, 9.17) is 25.1 Å². The minimum absolute atomic E-state index is 0.115. The van der Waals surface area contributed by atoms with Gasteiger partial charge in [0.05, 0.1) is 19.8 Å². The standard InChI is InChI=1S/C10H21NO5/c1-14-7-8-15-5-2-6-16-10(13)9(11)3-4-12/h9,12H,2-8,11H2,1H3. The average Bonchev–Trinajstić information content (AvgIpc) is 2.28. The molecule has 0 fully saturated rings. The number of hydrogen-bond acceptors (Lipinski definition) is 6. The fraction of sp³-hybridized carbons (Fsp3) is 0.900. The molecule has 0 aromatic rings. The summed E-state index contributed by atoms with van der Waals surface area (Å²) in [7, 11) is 1.60. The van der Waals surface area contributed by atoms with Crippen LogP contribution in [0.15, 0.2) is 0 Å². The Balaban J connectivity index is 3.27. The van der Waals surface area contributed by atoms with Crippen LogP contribution in [0.25, 0.3) is 0 Å². The van der Waals surface area contributed by atoms with Crippen LogP contribution in [0.5, 0.6) is 0 Å². The van der Waals surface area contributed by atoms with Crippen LogP contribution in [0, 0.1) is 0 Å². The zero-order valence-corrected chi connectivity index (χ0v) is 9.68. The lowest BCUT2D eigenvalue weighted by molar-refractivity contribution is -0.146. The van der Waals surface area contributed by atoms with Gasteiger partial charge in [-0.3, -0.25) is 4.79 Å². The molecule has 0 amide bonds. The quantitative estimate of drug-likeness (QED) is 0.384. The number of ether oxygens (including phenoxy) is 3. The molecule has 0 aliphatic carbocycles. The molecule has 3 N–H and O–H groups in total. The van der Waals surface area contributed by atoms with E-state index in [-0.39, 0.29) is 19.6 Å². The summed E-state index contributed by atoms with van der Waals surface area (Å²) in [6.45, 7) is 1.78. The third kappa shape index (κ3) is 8.60. The van der Waals surface area contributed by atoms with Crippen molar-refractivity contribution in [1.82, 2.24) is 0 Å². The fourth-order valence-electron chi connectivity index (χ4n) is 0.942. The predicted octanol–water partition coefficient (Wildman–Crippen LogP) is -0.708. The van der Waals surface area contributed by atoms with Gasteiger partial charge in [-0.05, 0) is 6.42 Å². The van der Waals surface area contributed by atoms with Crippen molar-refractivity contribution < 1.29 is 24.1 Å². The molecule has 6 nitrogen and oxygen atoms in total. The maximum atomic E-state index is 11.1. The molecule has 0 heterocycles. The molecule has 1 unspecified atom stereocenters. The number of carbonyl (C=O) groups is 1. The molecule has 0 rings (SSSR count). The van der Waals surface area contributed by atoms with Gasteiger partial charge in [-0.25, -0.2) is 0 Å². The molecule has 0 radical (unpaired) electrons. The zero-order valence-electron chi connectivity index (χ0n) is 9.68. The Kier molecular flexibility index (Phi) is 10.3. The van der Waals surface area contributed by atoms with Crippen molar-refractivity contribution in [3.63, 3.8) is 0 Å². The number of esters is 1. The maximum absolute atomic E-state index is 11.1. The molecule has 0 aliphatic heterocycles. The van der Waals surface area contributed by atoms with Crippen molar-refractivity contribution in [2.75, 3.05) is 40.1 Å². The minimum Gasteiger partial charge on any atom is -0.464 e. The van der Waals surface area contributed by atoms with Crippen LogP contribution in [0.2, 0.25) is 0 Å². The summed E-state index contributed by atoms with van der Waals surface area (Å²) in [4.78, 5) is 11.1. The normalized spacial score (nSPS) is 12.4. The van der Waals surface area contributed by atoms with E-state index >= 15 is 0 Å². The monoisotopic (exact) mass is 235 g/mol. The second kappa shape index (κ2) is 10.8. The lowest BCUT2D eigenvalue weighted by Gasteiger charge is -2.10. The SMILES string of the molecule is COCCOCCCOC(=O)C(N)CCO. The first-order valence-corrected chi connectivity index (χ1v) is 5.32. The molecule has 1 atom stereocenters. The van der Waals surface area contributed by atoms with Gasteiger partial charge in [-0.1, -0.05) is 0 Å². The Morgan fingerprint density at radius 3 is 2.69 bits per heavy atom. The van der Waals surface area contributed by atoms with Crippen LogP contribution in [-0.4, -0.2) is 57.3 Å².